The number of benzene rings is 3. The summed E-state index contributed by atoms with van der Waals surface area (Å²) in [5.74, 6) is 1.31. The highest BCUT2D eigenvalue weighted by Gasteiger charge is 2.15. The number of carbonyl (C=O) groups is 1. The molecule has 0 aliphatic rings. The first-order valence-corrected chi connectivity index (χ1v) is 9.08. The number of nitrogens with zero attached hydrogens (tertiary/aromatic N) is 1. The van der Waals surface area contributed by atoms with E-state index in [0.29, 0.717) is 39.7 Å². The Morgan fingerprint density at radius 1 is 0.966 bits per heavy atom. The SMILES string of the molecule is COc1ccc(C(=O)Nc2ccc3oc(-c4ccc(C)cc4)nc3c2)c(OC)c1. The normalized spacial score (nSPS) is 10.7. The molecular weight excluding hydrogens is 368 g/mol. The molecule has 29 heavy (non-hydrogen) atoms. The first-order valence-electron chi connectivity index (χ1n) is 9.08. The molecule has 6 nitrogen and oxygen atoms in total. The molecule has 4 aromatic rings. The lowest BCUT2D eigenvalue weighted by Crippen LogP contribution is -2.13. The lowest BCUT2D eigenvalue weighted by Gasteiger charge is -2.10. The van der Waals surface area contributed by atoms with Gasteiger partial charge in [0, 0.05) is 17.3 Å². The van der Waals surface area contributed by atoms with Gasteiger partial charge in [-0.25, -0.2) is 4.98 Å². The van der Waals surface area contributed by atoms with Crippen LogP contribution in [-0.4, -0.2) is 25.1 Å². The maximum absolute atomic E-state index is 12.7. The largest absolute Gasteiger partial charge is 0.497 e. The van der Waals surface area contributed by atoms with Gasteiger partial charge in [0.25, 0.3) is 5.91 Å². The van der Waals surface area contributed by atoms with Crippen LogP contribution in [0.15, 0.2) is 65.1 Å². The topological polar surface area (TPSA) is 73.6 Å². The third-order valence-corrected chi connectivity index (χ3v) is 4.60. The average Bonchev–Trinajstić information content (AvgIpc) is 3.17. The van der Waals surface area contributed by atoms with Gasteiger partial charge in [-0.05, 0) is 49.4 Å². The molecule has 1 heterocycles. The van der Waals surface area contributed by atoms with Crippen molar-refractivity contribution in [1.82, 2.24) is 4.98 Å². The Morgan fingerprint density at radius 2 is 1.76 bits per heavy atom. The summed E-state index contributed by atoms with van der Waals surface area (Å²) in [6, 6.07) is 18.4. The van der Waals surface area contributed by atoms with Gasteiger partial charge in [0.15, 0.2) is 5.58 Å². The Bertz CT molecular complexity index is 1180. The van der Waals surface area contributed by atoms with Crippen molar-refractivity contribution >= 4 is 22.7 Å². The fourth-order valence-corrected chi connectivity index (χ4v) is 3.01. The third kappa shape index (κ3) is 3.78. The van der Waals surface area contributed by atoms with Gasteiger partial charge in [0.2, 0.25) is 5.89 Å². The molecule has 0 saturated heterocycles. The maximum atomic E-state index is 12.7. The average molecular weight is 388 g/mol. The van der Waals surface area contributed by atoms with Crippen molar-refractivity contribution in [3.8, 4) is 23.0 Å². The van der Waals surface area contributed by atoms with Crippen LogP contribution in [0.2, 0.25) is 0 Å². The molecule has 1 aromatic heterocycles. The molecule has 1 amide bonds. The van der Waals surface area contributed by atoms with Crippen molar-refractivity contribution in [2.75, 3.05) is 19.5 Å². The zero-order chi connectivity index (χ0) is 20.4. The number of carbonyl (C=O) groups excluding carboxylic acids is 1. The summed E-state index contributed by atoms with van der Waals surface area (Å²) >= 11 is 0. The lowest BCUT2D eigenvalue weighted by atomic mass is 10.1. The summed E-state index contributed by atoms with van der Waals surface area (Å²) in [5, 5.41) is 2.88. The van der Waals surface area contributed by atoms with E-state index in [2.05, 4.69) is 10.3 Å². The molecule has 0 radical (unpaired) electrons. The van der Waals surface area contributed by atoms with E-state index < -0.39 is 0 Å². The number of anilines is 1. The minimum atomic E-state index is -0.286. The molecular formula is C23H20N2O4. The number of nitrogens with one attached hydrogen (secondary N) is 1. The second-order valence-electron chi connectivity index (χ2n) is 6.59. The Morgan fingerprint density at radius 3 is 2.48 bits per heavy atom. The van der Waals surface area contributed by atoms with Crippen molar-refractivity contribution in [1.29, 1.82) is 0 Å². The molecule has 0 unspecified atom stereocenters. The molecule has 0 spiro atoms. The van der Waals surface area contributed by atoms with E-state index in [1.807, 2.05) is 31.2 Å². The van der Waals surface area contributed by atoms with E-state index in [4.69, 9.17) is 13.9 Å². The highest BCUT2D eigenvalue weighted by Crippen LogP contribution is 2.28. The second kappa shape index (κ2) is 7.67. The van der Waals surface area contributed by atoms with E-state index in [0.717, 1.165) is 5.56 Å². The molecule has 6 heteroatoms. The fourth-order valence-electron chi connectivity index (χ4n) is 3.01. The van der Waals surface area contributed by atoms with E-state index in [-0.39, 0.29) is 5.91 Å². The number of oxazole rings is 1. The zero-order valence-electron chi connectivity index (χ0n) is 16.4. The maximum Gasteiger partial charge on any atom is 0.259 e. The minimum absolute atomic E-state index is 0.286. The molecule has 0 bridgehead atoms. The molecule has 0 aliphatic heterocycles. The number of ether oxygens (including phenoxy) is 2. The van der Waals surface area contributed by atoms with Crippen LogP contribution in [-0.2, 0) is 0 Å². The van der Waals surface area contributed by atoms with Gasteiger partial charge in [0.05, 0.1) is 19.8 Å². The van der Waals surface area contributed by atoms with Crippen LogP contribution in [0.1, 0.15) is 15.9 Å². The van der Waals surface area contributed by atoms with E-state index in [9.17, 15) is 4.79 Å². The Labute approximate surface area is 168 Å². The highest BCUT2D eigenvalue weighted by atomic mass is 16.5. The zero-order valence-corrected chi connectivity index (χ0v) is 16.4. The number of hydrogen-bond donors (Lipinski definition) is 1. The van der Waals surface area contributed by atoms with Gasteiger partial charge < -0.3 is 19.2 Å². The standard InChI is InChI=1S/C23H20N2O4/c1-14-4-6-15(7-5-14)23-25-19-12-16(8-11-20(19)29-23)24-22(26)18-10-9-17(27-2)13-21(18)28-3/h4-13H,1-3H3,(H,24,26). The summed E-state index contributed by atoms with van der Waals surface area (Å²) < 4.78 is 16.3. The van der Waals surface area contributed by atoms with Crippen LogP contribution in [0.4, 0.5) is 5.69 Å². The minimum Gasteiger partial charge on any atom is -0.497 e. The molecule has 1 N–H and O–H groups in total. The van der Waals surface area contributed by atoms with Crippen LogP contribution < -0.4 is 14.8 Å². The highest BCUT2D eigenvalue weighted by molar-refractivity contribution is 6.06. The number of methoxy groups -OCH3 is 2. The fraction of sp³-hybridized carbons (Fsp3) is 0.130. The number of fused-ring (bicyclic) bond motifs is 1. The number of aryl methyl sites for hydroxylation is 1. The van der Waals surface area contributed by atoms with Gasteiger partial charge in [-0.2, -0.15) is 0 Å². The summed E-state index contributed by atoms with van der Waals surface area (Å²) in [7, 11) is 3.08. The third-order valence-electron chi connectivity index (χ3n) is 4.60. The molecule has 0 atom stereocenters. The predicted molar refractivity (Wildman–Crippen MR) is 112 cm³/mol. The summed E-state index contributed by atoms with van der Waals surface area (Å²) in [6.45, 7) is 2.03. The van der Waals surface area contributed by atoms with Gasteiger partial charge in [-0.3, -0.25) is 4.79 Å². The number of hydrogen-bond acceptors (Lipinski definition) is 5. The monoisotopic (exact) mass is 388 g/mol. The number of amides is 1. The molecule has 0 aliphatic carbocycles. The van der Waals surface area contributed by atoms with Crippen molar-refractivity contribution < 1.29 is 18.7 Å². The van der Waals surface area contributed by atoms with E-state index in [1.165, 1.54) is 12.7 Å². The van der Waals surface area contributed by atoms with Crippen molar-refractivity contribution in [2.24, 2.45) is 0 Å². The number of aromatic nitrogens is 1. The second-order valence-corrected chi connectivity index (χ2v) is 6.59. The van der Waals surface area contributed by atoms with Gasteiger partial charge >= 0.3 is 0 Å². The van der Waals surface area contributed by atoms with Crippen LogP contribution in [0.3, 0.4) is 0 Å². The molecule has 0 fully saturated rings. The molecule has 4 rings (SSSR count). The van der Waals surface area contributed by atoms with Crippen LogP contribution in [0, 0.1) is 6.92 Å². The first kappa shape index (κ1) is 18.6. The van der Waals surface area contributed by atoms with Crippen LogP contribution >= 0.6 is 0 Å². The summed E-state index contributed by atoms with van der Waals surface area (Å²) in [5.41, 5.74) is 4.42. The molecule has 3 aromatic carbocycles. The lowest BCUT2D eigenvalue weighted by molar-refractivity contribution is 0.102. The first-order chi connectivity index (χ1) is 14.1. The number of rotatable bonds is 5. The summed E-state index contributed by atoms with van der Waals surface area (Å²) in [6.07, 6.45) is 0. The van der Waals surface area contributed by atoms with Gasteiger partial charge in [-0.1, -0.05) is 17.7 Å². The Balaban J connectivity index is 1.60. The van der Waals surface area contributed by atoms with Crippen LogP contribution in [0.25, 0.3) is 22.6 Å². The van der Waals surface area contributed by atoms with Crippen molar-refractivity contribution in [2.45, 2.75) is 6.92 Å². The van der Waals surface area contributed by atoms with Gasteiger partial charge in [-0.15, -0.1) is 0 Å². The smallest absolute Gasteiger partial charge is 0.259 e. The van der Waals surface area contributed by atoms with Crippen molar-refractivity contribution in [3.63, 3.8) is 0 Å². The van der Waals surface area contributed by atoms with Crippen molar-refractivity contribution in [3.05, 3.63) is 71.8 Å². The van der Waals surface area contributed by atoms with E-state index in [1.54, 1.807) is 43.5 Å². The predicted octanol–water partition coefficient (Wildman–Crippen LogP) is 5.07. The van der Waals surface area contributed by atoms with Crippen LogP contribution in [0.5, 0.6) is 11.5 Å². The van der Waals surface area contributed by atoms with Gasteiger partial charge in [0.1, 0.15) is 17.0 Å². The molecule has 146 valence electrons. The summed E-state index contributed by atoms with van der Waals surface area (Å²) in [4.78, 5) is 17.3. The Hall–Kier alpha value is -3.80. The quantitative estimate of drug-likeness (QED) is 0.516. The van der Waals surface area contributed by atoms with E-state index >= 15 is 0 Å². The Kier molecular flexibility index (Phi) is 4.91. The molecule has 0 saturated carbocycles.